The molecular weight excluding hydrogens is 254 g/mol. The van der Waals surface area contributed by atoms with Crippen LogP contribution in [0.25, 0.3) is 0 Å². The molecule has 0 unspecified atom stereocenters. The molecule has 0 atom stereocenters. The van der Waals surface area contributed by atoms with Gasteiger partial charge in [-0.2, -0.15) is 12.6 Å². The van der Waals surface area contributed by atoms with Crippen LogP contribution in [0.3, 0.4) is 0 Å². The van der Waals surface area contributed by atoms with Crippen molar-refractivity contribution in [3.8, 4) is 0 Å². The average molecular weight is 275 g/mol. The Balaban J connectivity index is 0.000000283. The first-order chi connectivity index (χ1) is 8.48. The van der Waals surface area contributed by atoms with Gasteiger partial charge in [0.15, 0.2) is 0 Å². The molecule has 0 spiro atoms. The number of likely N-dealkylation sites (N-methyl/N-ethyl adjacent to an activating group) is 1. The van der Waals surface area contributed by atoms with E-state index in [1.54, 1.807) is 13.4 Å². The molecule has 2 aliphatic rings. The molecule has 0 bridgehead atoms. The summed E-state index contributed by atoms with van der Waals surface area (Å²) in [4.78, 5) is 21.9. The Morgan fingerprint density at radius 2 is 1.78 bits per heavy atom. The van der Waals surface area contributed by atoms with Crippen molar-refractivity contribution in [1.82, 2.24) is 4.90 Å². The van der Waals surface area contributed by atoms with Crippen LogP contribution in [0.5, 0.6) is 0 Å². The van der Waals surface area contributed by atoms with Gasteiger partial charge in [0.05, 0.1) is 19.8 Å². The number of nitrogens with zero attached hydrogens (tertiary/aromatic N) is 1. The number of hydrogen-bond acceptors (Lipinski definition) is 5. The van der Waals surface area contributed by atoms with Crippen LogP contribution < -0.4 is 0 Å². The van der Waals surface area contributed by atoms with Crippen molar-refractivity contribution in [3.63, 3.8) is 0 Å². The molecule has 2 aliphatic heterocycles. The van der Waals surface area contributed by atoms with E-state index in [0.717, 1.165) is 24.7 Å². The minimum Gasteiger partial charge on any atom is -0.384 e. The molecular formula is C12H21NO4S. The summed E-state index contributed by atoms with van der Waals surface area (Å²) in [5, 5.41) is 0. The molecule has 0 aromatic heterocycles. The van der Waals surface area contributed by atoms with E-state index in [4.69, 9.17) is 9.47 Å². The molecule has 104 valence electrons. The maximum atomic E-state index is 10.4. The fourth-order valence-electron chi connectivity index (χ4n) is 1.36. The van der Waals surface area contributed by atoms with Gasteiger partial charge in [-0.3, -0.25) is 14.5 Å². The first-order valence-corrected chi connectivity index (χ1v) is 6.39. The van der Waals surface area contributed by atoms with Gasteiger partial charge in [-0.25, -0.2) is 0 Å². The predicted octanol–water partition coefficient (Wildman–Crippen LogP) is 0.756. The summed E-state index contributed by atoms with van der Waals surface area (Å²) in [7, 11) is 3.17. The summed E-state index contributed by atoms with van der Waals surface area (Å²) < 4.78 is 9.98. The first kappa shape index (κ1) is 17.2. The Morgan fingerprint density at radius 1 is 1.33 bits per heavy atom. The van der Waals surface area contributed by atoms with Gasteiger partial charge in [-0.1, -0.05) is 6.92 Å². The van der Waals surface area contributed by atoms with Crippen LogP contribution in [0.1, 0.15) is 6.92 Å². The third-order valence-electron chi connectivity index (χ3n) is 2.42. The van der Waals surface area contributed by atoms with Crippen LogP contribution in [0.2, 0.25) is 0 Å². The molecule has 1 saturated heterocycles. The molecule has 6 heteroatoms. The Bertz CT molecular complexity index is 295. The lowest BCUT2D eigenvalue weighted by atomic mass is 9.90. The Morgan fingerprint density at radius 3 is 1.89 bits per heavy atom. The number of ether oxygens (including phenoxy) is 2. The lowest BCUT2D eigenvalue weighted by Gasteiger charge is -2.37. The summed E-state index contributed by atoms with van der Waals surface area (Å²) >= 11 is 3.53. The van der Waals surface area contributed by atoms with Crippen LogP contribution in [0, 0.1) is 5.41 Å². The normalized spacial score (nSPS) is 19.5. The van der Waals surface area contributed by atoms with E-state index in [0.29, 0.717) is 5.41 Å². The van der Waals surface area contributed by atoms with E-state index in [1.807, 2.05) is 0 Å². The number of rotatable bonds is 2. The van der Waals surface area contributed by atoms with Crippen LogP contribution in [-0.4, -0.2) is 56.9 Å². The first-order valence-electron chi connectivity index (χ1n) is 5.50. The van der Waals surface area contributed by atoms with E-state index in [1.165, 1.54) is 19.2 Å². The zero-order valence-electron chi connectivity index (χ0n) is 11.3. The number of amides is 2. The average Bonchev–Trinajstić information content (AvgIpc) is 2.62. The minimum atomic E-state index is -0.241. The maximum Gasteiger partial charge on any atom is 0.253 e. The van der Waals surface area contributed by atoms with Gasteiger partial charge in [0, 0.05) is 31.7 Å². The predicted molar refractivity (Wildman–Crippen MR) is 72.6 cm³/mol. The summed E-state index contributed by atoms with van der Waals surface area (Å²) in [5.74, 6) is -0.481. The third kappa shape index (κ3) is 5.20. The summed E-state index contributed by atoms with van der Waals surface area (Å²) in [6.07, 6.45) is 4.20. The van der Waals surface area contributed by atoms with Gasteiger partial charge in [-0.15, -0.1) is 0 Å². The summed E-state index contributed by atoms with van der Waals surface area (Å²) in [5.41, 5.74) is 0.328. The molecule has 0 aromatic rings. The zero-order valence-corrected chi connectivity index (χ0v) is 12.2. The zero-order chi connectivity index (χ0) is 14.2. The number of hydrogen-bond donors (Lipinski definition) is 1. The highest BCUT2D eigenvalue weighted by Gasteiger charge is 2.32. The molecule has 2 rings (SSSR count). The van der Waals surface area contributed by atoms with Gasteiger partial charge >= 0.3 is 0 Å². The number of carbonyl (C=O) groups is 2. The van der Waals surface area contributed by atoms with Gasteiger partial charge in [-0.05, 0) is 6.26 Å². The largest absolute Gasteiger partial charge is 0.384 e. The molecule has 18 heavy (non-hydrogen) atoms. The van der Waals surface area contributed by atoms with E-state index in [9.17, 15) is 9.59 Å². The lowest BCUT2D eigenvalue weighted by Crippen LogP contribution is -2.43. The Labute approximate surface area is 114 Å². The van der Waals surface area contributed by atoms with Crippen molar-refractivity contribution in [3.05, 3.63) is 12.2 Å². The molecule has 2 amide bonds. The van der Waals surface area contributed by atoms with Crippen molar-refractivity contribution < 1.29 is 19.1 Å². The van der Waals surface area contributed by atoms with Crippen LogP contribution in [-0.2, 0) is 19.1 Å². The number of thiol groups is 1. The summed E-state index contributed by atoms with van der Waals surface area (Å²) in [6.45, 7) is 4.72. The van der Waals surface area contributed by atoms with Crippen LogP contribution in [0.4, 0.5) is 0 Å². The second kappa shape index (κ2) is 8.29. The van der Waals surface area contributed by atoms with Crippen LogP contribution in [0.15, 0.2) is 12.2 Å². The fourth-order valence-corrected chi connectivity index (χ4v) is 1.36. The second-order valence-corrected chi connectivity index (χ2v) is 4.31. The van der Waals surface area contributed by atoms with E-state index in [2.05, 4.69) is 19.6 Å². The SMILES string of the molecule is CN1C(=O)C=CC1=O.COCC1(C)COC1.CS. The molecule has 2 heterocycles. The molecule has 0 aliphatic carbocycles. The molecule has 0 aromatic carbocycles. The van der Waals surface area contributed by atoms with E-state index >= 15 is 0 Å². The topological polar surface area (TPSA) is 55.8 Å². The van der Waals surface area contributed by atoms with Crippen molar-refractivity contribution in [2.75, 3.05) is 40.2 Å². The maximum absolute atomic E-state index is 10.4. The highest BCUT2D eigenvalue weighted by atomic mass is 32.1. The molecule has 0 saturated carbocycles. The van der Waals surface area contributed by atoms with Gasteiger partial charge in [0.1, 0.15) is 0 Å². The summed E-state index contributed by atoms with van der Waals surface area (Å²) in [6, 6.07) is 0. The van der Waals surface area contributed by atoms with E-state index < -0.39 is 0 Å². The van der Waals surface area contributed by atoms with Gasteiger partial charge in [0.25, 0.3) is 11.8 Å². The monoisotopic (exact) mass is 275 g/mol. The number of carbonyl (C=O) groups excluding carboxylic acids is 2. The van der Waals surface area contributed by atoms with Crippen molar-refractivity contribution in [2.45, 2.75) is 6.92 Å². The molecule has 5 nitrogen and oxygen atoms in total. The number of imide groups is 1. The minimum absolute atomic E-state index is 0.241. The second-order valence-electron chi connectivity index (χ2n) is 4.31. The van der Waals surface area contributed by atoms with E-state index in [-0.39, 0.29) is 11.8 Å². The molecule has 0 radical (unpaired) electrons. The molecule has 0 N–H and O–H groups in total. The highest BCUT2D eigenvalue weighted by molar-refractivity contribution is 7.79. The molecule has 1 fully saturated rings. The quantitative estimate of drug-likeness (QED) is 0.597. The number of methoxy groups -OCH3 is 1. The standard InChI is InChI=1S/C6H12O2.C5H5NO2.CH4S/c1-6(3-7-2)4-8-5-6;1-6-4(7)2-3-5(6)8;1-2/h3-5H2,1-2H3;2-3H,1H3;2H,1H3. The highest BCUT2D eigenvalue weighted by Crippen LogP contribution is 2.25. The fraction of sp³-hybridized carbons (Fsp3) is 0.667. The lowest BCUT2D eigenvalue weighted by molar-refractivity contribution is -0.135. The third-order valence-corrected chi connectivity index (χ3v) is 2.42. The van der Waals surface area contributed by atoms with Gasteiger partial charge in [0.2, 0.25) is 0 Å². The Kier molecular flexibility index (Phi) is 7.90. The van der Waals surface area contributed by atoms with Gasteiger partial charge < -0.3 is 9.47 Å². The Hall–Kier alpha value is -0.850. The van der Waals surface area contributed by atoms with Crippen LogP contribution >= 0.6 is 12.6 Å². The van der Waals surface area contributed by atoms with Crippen molar-refractivity contribution in [2.24, 2.45) is 5.41 Å². The van der Waals surface area contributed by atoms with Crippen molar-refractivity contribution in [1.29, 1.82) is 0 Å². The van der Waals surface area contributed by atoms with Crippen molar-refractivity contribution >= 4 is 24.4 Å². The smallest absolute Gasteiger partial charge is 0.253 e.